The fraction of sp³-hybridized carbons (Fsp3) is 0.0714. The zero-order valence-electron chi connectivity index (χ0n) is 17.6. The van der Waals surface area contributed by atoms with Gasteiger partial charge in [-0.05, 0) is 56.9 Å². The SMILES string of the molecule is C(=NCc1c2ccccc2c(CN=Cc2ccccn2)c2ccccc12)c1ccccn1. The second-order valence-electron chi connectivity index (χ2n) is 7.50. The van der Waals surface area contributed by atoms with Crippen molar-refractivity contribution in [2.45, 2.75) is 13.1 Å². The van der Waals surface area contributed by atoms with E-state index in [1.54, 1.807) is 12.4 Å². The van der Waals surface area contributed by atoms with Gasteiger partial charge in [0.05, 0.1) is 24.5 Å². The second kappa shape index (κ2) is 9.31. The van der Waals surface area contributed by atoms with Gasteiger partial charge in [0.1, 0.15) is 0 Å². The van der Waals surface area contributed by atoms with Gasteiger partial charge in [-0.2, -0.15) is 0 Å². The molecule has 0 spiro atoms. The average molecular weight is 415 g/mol. The van der Waals surface area contributed by atoms with Crippen molar-refractivity contribution in [1.82, 2.24) is 9.97 Å². The van der Waals surface area contributed by atoms with Gasteiger partial charge in [-0.15, -0.1) is 0 Å². The van der Waals surface area contributed by atoms with Crippen molar-refractivity contribution in [3.8, 4) is 0 Å². The number of hydrogen-bond donors (Lipinski definition) is 0. The van der Waals surface area contributed by atoms with Crippen molar-refractivity contribution >= 4 is 34.0 Å². The number of aliphatic imine (C=N–C) groups is 2. The molecule has 4 nitrogen and oxygen atoms in total. The molecule has 4 heteroatoms. The van der Waals surface area contributed by atoms with Gasteiger partial charge in [0.15, 0.2) is 0 Å². The Kier molecular flexibility index (Phi) is 5.75. The van der Waals surface area contributed by atoms with Gasteiger partial charge in [-0.1, -0.05) is 60.7 Å². The molecule has 0 atom stereocenters. The Hall–Kier alpha value is -4.18. The maximum Gasteiger partial charge on any atom is 0.0807 e. The predicted molar refractivity (Wildman–Crippen MR) is 133 cm³/mol. The zero-order chi connectivity index (χ0) is 21.6. The molecule has 0 radical (unpaired) electrons. The third-order valence-corrected chi connectivity index (χ3v) is 5.48. The highest BCUT2D eigenvalue weighted by molar-refractivity contribution is 6.06. The van der Waals surface area contributed by atoms with Gasteiger partial charge in [0.25, 0.3) is 0 Å². The Morgan fingerprint density at radius 1 is 0.500 bits per heavy atom. The maximum absolute atomic E-state index is 4.72. The third kappa shape index (κ3) is 4.16. The molecule has 3 aromatic carbocycles. The molecule has 154 valence electrons. The van der Waals surface area contributed by atoms with Crippen LogP contribution in [0.5, 0.6) is 0 Å². The zero-order valence-corrected chi connectivity index (χ0v) is 17.6. The molecule has 5 rings (SSSR count). The average Bonchev–Trinajstić information content (AvgIpc) is 2.86. The van der Waals surface area contributed by atoms with E-state index in [0.717, 1.165) is 11.4 Å². The lowest BCUT2D eigenvalue weighted by Crippen LogP contribution is -1.96. The summed E-state index contributed by atoms with van der Waals surface area (Å²) in [5.41, 5.74) is 4.17. The number of pyridine rings is 2. The van der Waals surface area contributed by atoms with E-state index < -0.39 is 0 Å². The quantitative estimate of drug-likeness (QED) is 0.252. The van der Waals surface area contributed by atoms with Gasteiger partial charge in [-0.25, -0.2) is 0 Å². The van der Waals surface area contributed by atoms with Gasteiger partial charge >= 0.3 is 0 Å². The Morgan fingerprint density at radius 3 is 1.22 bits per heavy atom. The van der Waals surface area contributed by atoms with Gasteiger partial charge in [0.2, 0.25) is 0 Å². The summed E-state index contributed by atoms with van der Waals surface area (Å²) in [6.45, 7) is 1.18. The molecule has 0 fully saturated rings. The maximum atomic E-state index is 4.72. The molecular weight excluding hydrogens is 392 g/mol. The Morgan fingerprint density at radius 2 is 0.875 bits per heavy atom. The molecule has 5 aromatic rings. The number of benzene rings is 3. The van der Waals surface area contributed by atoms with Crippen molar-refractivity contribution in [2.75, 3.05) is 0 Å². The number of fused-ring (bicyclic) bond motifs is 2. The normalized spacial score (nSPS) is 11.8. The van der Waals surface area contributed by atoms with Gasteiger partial charge < -0.3 is 0 Å². The Balaban J connectivity index is 1.57. The van der Waals surface area contributed by atoms with Crippen LogP contribution in [0, 0.1) is 0 Å². The van der Waals surface area contributed by atoms with Crippen LogP contribution in [-0.4, -0.2) is 22.4 Å². The van der Waals surface area contributed by atoms with Gasteiger partial charge in [-0.3, -0.25) is 20.0 Å². The summed E-state index contributed by atoms with van der Waals surface area (Å²) in [6.07, 6.45) is 7.25. The lowest BCUT2D eigenvalue weighted by molar-refractivity contribution is 1.08. The minimum absolute atomic E-state index is 0.592. The van der Waals surface area contributed by atoms with Crippen LogP contribution in [0.4, 0.5) is 0 Å². The summed E-state index contributed by atoms with van der Waals surface area (Å²) >= 11 is 0. The van der Waals surface area contributed by atoms with Crippen LogP contribution in [-0.2, 0) is 13.1 Å². The van der Waals surface area contributed by atoms with E-state index in [-0.39, 0.29) is 0 Å². The van der Waals surface area contributed by atoms with E-state index in [9.17, 15) is 0 Å². The van der Waals surface area contributed by atoms with Crippen molar-refractivity contribution in [2.24, 2.45) is 9.98 Å². The third-order valence-electron chi connectivity index (χ3n) is 5.48. The fourth-order valence-corrected chi connectivity index (χ4v) is 4.02. The summed E-state index contributed by atoms with van der Waals surface area (Å²) in [5, 5.41) is 4.86. The molecular formula is C28H22N4. The molecule has 2 heterocycles. The summed E-state index contributed by atoms with van der Waals surface area (Å²) in [6, 6.07) is 28.8. The standard InChI is InChI=1S/C28H22N4/c1-2-12-24-23(11-1)27(19-29-17-21-9-5-7-15-31-21)25-13-3-4-14-26(25)28(24)20-30-18-22-10-6-8-16-32-22/h1-18H,19-20H2. The van der Waals surface area contributed by atoms with Crippen LogP contribution in [0.25, 0.3) is 21.5 Å². The van der Waals surface area contributed by atoms with Crippen LogP contribution in [0.3, 0.4) is 0 Å². The van der Waals surface area contributed by atoms with Crippen molar-refractivity contribution < 1.29 is 0 Å². The molecule has 2 aromatic heterocycles. The molecule has 0 unspecified atom stereocenters. The Labute approximate surface area is 187 Å². The first-order valence-electron chi connectivity index (χ1n) is 10.6. The van der Waals surface area contributed by atoms with Crippen LogP contribution in [0.2, 0.25) is 0 Å². The molecule has 0 saturated carbocycles. The first-order valence-corrected chi connectivity index (χ1v) is 10.6. The minimum atomic E-state index is 0.592. The van der Waals surface area contributed by atoms with Gasteiger partial charge in [0, 0.05) is 24.8 Å². The lowest BCUT2D eigenvalue weighted by atomic mass is 9.91. The number of rotatable bonds is 6. The molecule has 32 heavy (non-hydrogen) atoms. The van der Waals surface area contributed by atoms with Crippen LogP contribution < -0.4 is 0 Å². The van der Waals surface area contributed by atoms with Crippen LogP contribution in [0.15, 0.2) is 107 Å². The summed E-state index contributed by atoms with van der Waals surface area (Å²) in [7, 11) is 0. The lowest BCUT2D eigenvalue weighted by Gasteiger charge is -2.15. The predicted octanol–water partition coefficient (Wildman–Crippen LogP) is 6.02. The molecule has 0 aliphatic carbocycles. The number of hydrogen-bond acceptors (Lipinski definition) is 4. The minimum Gasteiger partial charge on any atom is -0.286 e. The monoisotopic (exact) mass is 414 g/mol. The van der Waals surface area contributed by atoms with E-state index in [4.69, 9.17) is 9.98 Å². The first-order chi connectivity index (χ1) is 15.9. The summed E-state index contributed by atoms with van der Waals surface area (Å²) < 4.78 is 0. The van der Waals surface area contributed by atoms with E-state index in [1.807, 2.05) is 48.8 Å². The summed E-state index contributed by atoms with van der Waals surface area (Å²) in [4.78, 5) is 18.1. The largest absolute Gasteiger partial charge is 0.286 e. The van der Waals surface area contributed by atoms with E-state index in [2.05, 4.69) is 58.5 Å². The van der Waals surface area contributed by atoms with E-state index in [1.165, 1.54) is 32.7 Å². The Bertz CT molecular complexity index is 1240. The van der Waals surface area contributed by atoms with Crippen molar-refractivity contribution in [1.29, 1.82) is 0 Å². The molecule has 0 N–H and O–H groups in total. The smallest absolute Gasteiger partial charge is 0.0807 e. The molecule has 0 saturated heterocycles. The van der Waals surface area contributed by atoms with Crippen molar-refractivity contribution in [3.05, 3.63) is 120 Å². The fourth-order valence-electron chi connectivity index (χ4n) is 4.02. The second-order valence-corrected chi connectivity index (χ2v) is 7.50. The molecule has 0 amide bonds. The first kappa shape index (κ1) is 19.8. The summed E-state index contributed by atoms with van der Waals surface area (Å²) in [5.74, 6) is 0. The van der Waals surface area contributed by atoms with E-state index in [0.29, 0.717) is 13.1 Å². The molecule has 0 aliphatic rings. The highest BCUT2D eigenvalue weighted by Crippen LogP contribution is 2.34. The van der Waals surface area contributed by atoms with Crippen LogP contribution >= 0.6 is 0 Å². The molecule has 0 aliphatic heterocycles. The highest BCUT2D eigenvalue weighted by Gasteiger charge is 2.12. The number of aromatic nitrogens is 2. The number of nitrogens with zero attached hydrogens (tertiary/aromatic N) is 4. The van der Waals surface area contributed by atoms with Crippen LogP contribution in [0.1, 0.15) is 22.5 Å². The van der Waals surface area contributed by atoms with E-state index >= 15 is 0 Å². The highest BCUT2D eigenvalue weighted by atomic mass is 14.8. The molecule has 0 bridgehead atoms. The van der Waals surface area contributed by atoms with Crippen molar-refractivity contribution in [3.63, 3.8) is 0 Å². The topological polar surface area (TPSA) is 50.5 Å².